The Labute approximate surface area is 84.5 Å². The summed E-state index contributed by atoms with van der Waals surface area (Å²) in [7, 11) is 0. The number of alkyl halides is 3. The molecule has 0 fully saturated rings. The Morgan fingerprint density at radius 1 is 1.38 bits per heavy atom. The molecule has 0 radical (unpaired) electrons. The van der Waals surface area contributed by atoms with E-state index in [1.807, 2.05) is 0 Å². The van der Waals surface area contributed by atoms with Gasteiger partial charge in [-0.05, 0) is 36.7 Å². The molecule has 0 aromatic carbocycles. The number of rotatable bonds is 3. The van der Waals surface area contributed by atoms with Crippen LogP contribution in [-0.4, -0.2) is 17.3 Å². The molecule has 1 amide bonds. The normalized spacial score (nSPS) is 10.9. The largest absolute Gasteiger partial charge is 0.345 e. The zero-order valence-corrected chi connectivity index (χ0v) is 9.34. The molecule has 0 aliphatic carbocycles. The second-order valence-electron chi connectivity index (χ2n) is 2.92. The van der Waals surface area contributed by atoms with E-state index in [1.165, 1.54) is 0 Å². The molecule has 0 aliphatic rings. The van der Waals surface area contributed by atoms with Gasteiger partial charge in [0, 0.05) is 5.57 Å². The summed E-state index contributed by atoms with van der Waals surface area (Å²) in [5, 5.41) is 2.11. The number of hydrogen-bond donors (Lipinski definition) is 1. The van der Waals surface area contributed by atoms with E-state index in [4.69, 9.17) is 0 Å². The van der Waals surface area contributed by atoms with Gasteiger partial charge in [0.25, 0.3) is 0 Å². The minimum Gasteiger partial charge on any atom is -0.345 e. The van der Waals surface area contributed by atoms with Crippen LogP contribution in [0, 0.1) is 0 Å². The highest BCUT2D eigenvalue weighted by atomic mass is 79.9. The van der Waals surface area contributed by atoms with Crippen LogP contribution < -0.4 is 5.32 Å². The average Bonchev–Trinajstić information content (AvgIpc) is 1.97. The first-order valence-corrected chi connectivity index (χ1v) is 4.52. The number of carbonyl (C=O) groups is 1. The SMILES string of the molecule is CC(C)=C(C)C(=O)NCC(F)(F)Br. The smallest absolute Gasteiger partial charge is 0.318 e. The van der Waals surface area contributed by atoms with E-state index in [-0.39, 0.29) is 0 Å². The van der Waals surface area contributed by atoms with Crippen molar-refractivity contribution in [2.45, 2.75) is 25.6 Å². The number of hydrogen-bond acceptors (Lipinski definition) is 1. The minimum absolute atomic E-state index is 0.459. The monoisotopic (exact) mass is 255 g/mol. The van der Waals surface area contributed by atoms with Gasteiger partial charge < -0.3 is 5.32 Å². The van der Waals surface area contributed by atoms with Crippen molar-refractivity contribution in [2.24, 2.45) is 0 Å². The summed E-state index contributed by atoms with van der Waals surface area (Å²) < 4.78 is 24.5. The van der Waals surface area contributed by atoms with E-state index < -0.39 is 17.3 Å². The van der Waals surface area contributed by atoms with Crippen molar-refractivity contribution in [3.63, 3.8) is 0 Å². The highest BCUT2D eigenvalue weighted by molar-refractivity contribution is 9.10. The highest BCUT2D eigenvalue weighted by Crippen LogP contribution is 2.19. The summed E-state index contributed by atoms with van der Waals surface area (Å²) in [4.78, 5) is 8.07. The lowest BCUT2D eigenvalue weighted by Crippen LogP contribution is -2.33. The number of amides is 1. The third kappa shape index (κ3) is 5.74. The second-order valence-corrected chi connectivity index (χ2v) is 4.08. The van der Waals surface area contributed by atoms with Crippen molar-refractivity contribution < 1.29 is 13.6 Å². The standard InChI is InChI=1S/C8H12BrF2NO/c1-5(2)6(3)7(13)12-4-8(9,10)11/h4H2,1-3H3,(H,12,13). The molecule has 0 rings (SSSR count). The topological polar surface area (TPSA) is 29.1 Å². The molecule has 2 nitrogen and oxygen atoms in total. The van der Waals surface area contributed by atoms with Crippen molar-refractivity contribution in [2.75, 3.05) is 6.54 Å². The van der Waals surface area contributed by atoms with Gasteiger partial charge in [-0.3, -0.25) is 4.79 Å². The minimum atomic E-state index is -3.04. The van der Waals surface area contributed by atoms with Crippen LogP contribution in [0.15, 0.2) is 11.1 Å². The molecule has 5 heteroatoms. The van der Waals surface area contributed by atoms with Gasteiger partial charge in [0.05, 0.1) is 6.54 Å². The molecule has 0 unspecified atom stereocenters. The van der Waals surface area contributed by atoms with Crippen molar-refractivity contribution >= 4 is 21.8 Å². The van der Waals surface area contributed by atoms with E-state index in [0.29, 0.717) is 5.57 Å². The first-order valence-electron chi connectivity index (χ1n) is 3.73. The van der Waals surface area contributed by atoms with E-state index in [2.05, 4.69) is 21.2 Å². The molecule has 0 bridgehead atoms. The molecule has 0 aromatic rings. The van der Waals surface area contributed by atoms with Gasteiger partial charge in [0.1, 0.15) is 0 Å². The summed E-state index contributed by atoms with van der Waals surface area (Å²) in [5.41, 5.74) is 1.28. The Hall–Kier alpha value is -0.450. The fraction of sp³-hybridized carbons (Fsp3) is 0.625. The number of allylic oxidation sites excluding steroid dienone is 1. The van der Waals surface area contributed by atoms with Crippen LogP contribution in [0.25, 0.3) is 0 Å². The molecule has 0 saturated heterocycles. The van der Waals surface area contributed by atoms with Crippen LogP contribution in [0.2, 0.25) is 0 Å². The lowest BCUT2D eigenvalue weighted by atomic mass is 10.2. The third-order valence-corrected chi connectivity index (χ3v) is 1.82. The van der Waals surface area contributed by atoms with E-state index in [0.717, 1.165) is 5.57 Å². The van der Waals surface area contributed by atoms with Crippen molar-refractivity contribution in [1.82, 2.24) is 5.32 Å². The molecule has 1 N–H and O–H groups in total. The summed E-state index contributed by atoms with van der Waals surface area (Å²) in [6.45, 7) is 4.40. The first-order chi connectivity index (χ1) is 5.74. The molecule has 0 aromatic heterocycles. The van der Waals surface area contributed by atoms with Gasteiger partial charge in [-0.1, -0.05) is 5.57 Å². The average molecular weight is 256 g/mol. The Morgan fingerprint density at radius 3 is 2.15 bits per heavy atom. The van der Waals surface area contributed by atoms with Crippen LogP contribution in [0.5, 0.6) is 0 Å². The first kappa shape index (κ1) is 12.6. The van der Waals surface area contributed by atoms with Crippen LogP contribution in [0.3, 0.4) is 0 Å². The van der Waals surface area contributed by atoms with Crippen LogP contribution in [-0.2, 0) is 4.79 Å². The number of nitrogens with one attached hydrogen (secondary N) is 1. The maximum absolute atomic E-state index is 12.2. The predicted molar refractivity (Wildman–Crippen MR) is 50.9 cm³/mol. The maximum atomic E-state index is 12.2. The van der Waals surface area contributed by atoms with Gasteiger partial charge in [0.15, 0.2) is 0 Å². The third-order valence-electron chi connectivity index (χ3n) is 1.54. The van der Waals surface area contributed by atoms with Crippen LogP contribution in [0.4, 0.5) is 8.78 Å². The maximum Gasteiger partial charge on any atom is 0.318 e. The highest BCUT2D eigenvalue weighted by Gasteiger charge is 2.24. The fourth-order valence-electron chi connectivity index (χ4n) is 0.540. The van der Waals surface area contributed by atoms with Gasteiger partial charge in [-0.2, -0.15) is 8.78 Å². The van der Waals surface area contributed by atoms with Crippen molar-refractivity contribution in [3.8, 4) is 0 Å². The van der Waals surface area contributed by atoms with Crippen LogP contribution >= 0.6 is 15.9 Å². The number of carbonyl (C=O) groups excluding carboxylic acids is 1. The molecule has 13 heavy (non-hydrogen) atoms. The summed E-state index contributed by atoms with van der Waals surface area (Å²) >= 11 is 2.13. The molecule has 0 heterocycles. The molecular weight excluding hydrogens is 244 g/mol. The fourth-order valence-corrected chi connectivity index (χ4v) is 0.680. The Kier molecular flexibility index (Phi) is 4.53. The summed E-state index contributed by atoms with van der Waals surface area (Å²) in [6, 6.07) is 0. The second kappa shape index (κ2) is 4.69. The van der Waals surface area contributed by atoms with Gasteiger partial charge in [-0.15, -0.1) is 0 Å². The predicted octanol–water partition coefficient (Wildman–Crippen LogP) is 2.45. The Balaban J connectivity index is 4.12. The Bertz CT molecular complexity index is 229. The zero-order chi connectivity index (χ0) is 10.6. The van der Waals surface area contributed by atoms with Gasteiger partial charge in [0.2, 0.25) is 5.91 Å². The van der Waals surface area contributed by atoms with Crippen molar-refractivity contribution in [1.29, 1.82) is 0 Å². The zero-order valence-electron chi connectivity index (χ0n) is 7.75. The number of halogens is 3. The van der Waals surface area contributed by atoms with Crippen LogP contribution in [0.1, 0.15) is 20.8 Å². The lowest BCUT2D eigenvalue weighted by molar-refractivity contribution is -0.118. The molecule has 0 saturated carbocycles. The van der Waals surface area contributed by atoms with Crippen molar-refractivity contribution in [3.05, 3.63) is 11.1 Å². The van der Waals surface area contributed by atoms with E-state index >= 15 is 0 Å². The molecule has 0 spiro atoms. The lowest BCUT2D eigenvalue weighted by Gasteiger charge is -2.10. The summed E-state index contributed by atoms with van der Waals surface area (Å²) in [5.74, 6) is -0.459. The summed E-state index contributed by atoms with van der Waals surface area (Å²) in [6.07, 6.45) is 0. The quantitative estimate of drug-likeness (QED) is 0.609. The molecule has 76 valence electrons. The Morgan fingerprint density at radius 2 is 1.85 bits per heavy atom. The molecule has 0 aliphatic heterocycles. The van der Waals surface area contributed by atoms with E-state index in [9.17, 15) is 13.6 Å². The van der Waals surface area contributed by atoms with E-state index in [1.54, 1.807) is 20.8 Å². The van der Waals surface area contributed by atoms with Gasteiger partial charge in [-0.25, -0.2) is 0 Å². The van der Waals surface area contributed by atoms with Gasteiger partial charge >= 0.3 is 4.83 Å². The molecule has 0 atom stereocenters. The molecular formula is C8H12BrF2NO.